The van der Waals surface area contributed by atoms with Crippen LogP contribution < -0.4 is 11.2 Å². The molecule has 1 N–H and O–H groups in total. The van der Waals surface area contributed by atoms with E-state index in [2.05, 4.69) is 16.8 Å². The molecule has 0 bridgehead atoms. The number of benzene rings is 3. The largest absolute Gasteiger partial charge is 0.329 e. The Kier molecular flexibility index (Phi) is 5.07. The maximum Gasteiger partial charge on any atom is 0.329 e. The van der Waals surface area contributed by atoms with Crippen molar-refractivity contribution in [3.8, 4) is 11.8 Å². The minimum atomic E-state index is -0.961. The standard InChI is InChI=1S/C25H19ClN2O2/c1-25(2,28-23(29)19-10-6-7-11-22(19)27-24(28)30)20-15-14-18(16-21(20)26)13-12-17-8-4-3-5-9-17/h3-11,14-16H,1-2H3,(H,27,30). The SMILES string of the molecule is CC(C)(c1ccc(C#Cc2ccccc2)cc1Cl)n1c(=O)[nH]c2ccccc2c1=O. The smallest absolute Gasteiger partial charge is 0.307 e. The van der Waals surface area contributed by atoms with Gasteiger partial charge in [0, 0.05) is 16.1 Å². The molecule has 0 saturated carbocycles. The Morgan fingerprint density at radius 3 is 2.27 bits per heavy atom. The number of hydrogen-bond donors (Lipinski definition) is 1. The van der Waals surface area contributed by atoms with Crippen molar-refractivity contribution in [2.75, 3.05) is 0 Å². The van der Waals surface area contributed by atoms with Crippen molar-refractivity contribution in [2.45, 2.75) is 19.4 Å². The van der Waals surface area contributed by atoms with Gasteiger partial charge in [-0.05, 0) is 55.8 Å². The van der Waals surface area contributed by atoms with E-state index < -0.39 is 11.2 Å². The van der Waals surface area contributed by atoms with Gasteiger partial charge < -0.3 is 4.98 Å². The molecule has 0 saturated heterocycles. The van der Waals surface area contributed by atoms with Gasteiger partial charge in [-0.3, -0.25) is 4.79 Å². The maximum absolute atomic E-state index is 13.1. The number of para-hydroxylation sites is 1. The number of rotatable bonds is 2. The maximum atomic E-state index is 13.1. The highest BCUT2D eigenvalue weighted by Crippen LogP contribution is 2.30. The van der Waals surface area contributed by atoms with Crippen LogP contribution in [0.2, 0.25) is 5.02 Å². The number of nitrogens with zero attached hydrogens (tertiary/aromatic N) is 1. The van der Waals surface area contributed by atoms with E-state index in [1.54, 1.807) is 44.2 Å². The summed E-state index contributed by atoms with van der Waals surface area (Å²) in [7, 11) is 0. The Hall–Kier alpha value is -3.55. The lowest BCUT2D eigenvalue weighted by Gasteiger charge is -2.28. The van der Waals surface area contributed by atoms with Crippen LogP contribution in [0.5, 0.6) is 0 Å². The van der Waals surface area contributed by atoms with E-state index in [1.807, 2.05) is 42.5 Å². The Balaban J connectivity index is 1.79. The minimum absolute atomic E-state index is 0.358. The quantitative estimate of drug-likeness (QED) is 0.490. The van der Waals surface area contributed by atoms with E-state index in [-0.39, 0.29) is 5.56 Å². The van der Waals surface area contributed by atoms with Gasteiger partial charge in [0.15, 0.2) is 0 Å². The molecule has 1 aromatic heterocycles. The van der Waals surface area contributed by atoms with Crippen molar-refractivity contribution >= 4 is 22.5 Å². The highest BCUT2D eigenvalue weighted by molar-refractivity contribution is 6.31. The first-order valence-corrected chi connectivity index (χ1v) is 9.87. The van der Waals surface area contributed by atoms with E-state index in [1.165, 1.54) is 4.57 Å². The van der Waals surface area contributed by atoms with Crippen molar-refractivity contribution in [1.29, 1.82) is 0 Å². The zero-order chi connectivity index (χ0) is 21.3. The topological polar surface area (TPSA) is 54.9 Å². The lowest BCUT2D eigenvalue weighted by molar-refractivity contribution is 0.406. The van der Waals surface area contributed by atoms with Gasteiger partial charge in [0.1, 0.15) is 0 Å². The summed E-state index contributed by atoms with van der Waals surface area (Å²) in [4.78, 5) is 28.6. The van der Waals surface area contributed by atoms with Crippen molar-refractivity contribution in [3.63, 3.8) is 0 Å². The molecule has 0 aliphatic heterocycles. The number of fused-ring (bicyclic) bond motifs is 1. The van der Waals surface area contributed by atoms with E-state index in [0.717, 1.165) is 11.1 Å². The average molecular weight is 415 g/mol. The second-order valence-corrected chi connectivity index (χ2v) is 7.89. The van der Waals surface area contributed by atoms with Crippen LogP contribution >= 0.6 is 11.6 Å². The molecule has 0 spiro atoms. The number of halogens is 1. The van der Waals surface area contributed by atoms with Crippen LogP contribution in [0.25, 0.3) is 10.9 Å². The highest BCUT2D eigenvalue weighted by atomic mass is 35.5. The predicted molar refractivity (Wildman–Crippen MR) is 121 cm³/mol. The normalized spacial score (nSPS) is 11.2. The monoisotopic (exact) mass is 414 g/mol. The van der Waals surface area contributed by atoms with Gasteiger partial charge in [-0.2, -0.15) is 0 Å². The van der Waals surface area contributed by atoms with Gasteiger partial charge in [0.05, 0.1) is 16.4 Å². The highest BCUT2D eigenvalue weighted by Gasteiger charge is 2.29. The van der Waals surface area contributed by atoms with Gasteiger partial charge in [-0.1, -0.05) is 59.8 Å². The third-order valence-electron chi connectivity index (χ3n) is 5.12. The summed E-state index contributed by atoms with van der Waals surface area (Å²) in [5, 5.41) is 0.894. The Morgan fingerprint density at radius 1 is 0.867 bits per heavy atom. The van der Waals surface area contributed by atoms with Crippen LogP contribution in [-0.4, -0.2) is 9.55 Å². The van der Waals surface area contributed by atoms with Gasteiger partial charge in [0.2, 0.25) is 0 Å². The number of hydrogen-bond acceptors (Lipinski definition) is 2. The van der Waals surface area contributed by atoms with Gasteiger partial charge in [-0.25, -0.2) is 9.36 Å². The average Bonchev–Trinajstić information content (AvgIpc) is 2.72. The molecule has 0 aliphatic rings. The molecule has 4 aromatic rings. The van der Waals surface area contributed by atoms with Crippen molar-refractivity contribution in [1.82, 2.24) is 9.55 Å². The van der Waals surface area contributed by atoms with Gasteiger partial charge >= 0.3 is 5.69 Å². The molecule has 30 heavy (non-hydrogen) atoms. The summed E-state index contributed by atoms with van der Waals surface area (Å²) in [6.45, 7) is 3.60. The van der Waals surface area contributed by atoms with Crippen molar-refractivity contribution in [2.24, 2.45) is 0 Å². The van der Waals surface area contributed by atoms with Crippen LogP contribution in [0.15, 0.2) is 82.4 Å². The summed E-state index contributed by atoms with van der Waals surface area (Å²) in [5.41, 5.74) is 1.04. The molecule has 1 heterocycles. The summed E-state index contributed by atoms with van der Waals surface area (Å²) in [5.74, 6) is 6.19. The van der Waals surface area contributed by atoms with Crippen LogP contribution in [0.1, 0.15) is 30.5 Å². The Morgan fingerprint density at radius 2 is 1.53 bits per heavy atom. The Bertz CT molecular complexity index is 1420. The van der Waals surface area contributed by atoms with Crippen LogP contribution in [-0.2, 0) is 5.54 Å². The molecule has 5 heteroatoms. The molecule has 0 radical (unpaired) electrons. The molecule has 0 fully saturated rings. The first-order valence-electron chi connectivity index (χ1n) is 9.49. The molecule has 4 rings (SSSR count). The van der Waals surface area contributed by atoms with Crippen LogP contribution in [0.3, 0.4) is 0 Å². The number of nitrogens with one attached hydrogen (secondary N) is 1. The fourth-order valence-corrected chi connectivity index (χ4v) is 3.96. The molecule has 148 valence electrons. The first-order chi connectivity index (χ1) is 14.4. The van der Waals surface area contributed by atoms with E-state index in [4.69, 9.17) is 11.6 Å². The third-order valence-corrected chi connectivity index (χ3v) is 5.43. The lowest BCUT2D eigenvalue weighted by atomic mass is 9.92. The molecule has 0 unspecified atom stereocenters. The summed E-state index contributed by atoms with van der Waals surface area (Å²) >= 11 is 6.57. The van der Waals surface area contributed by atoms with E-state index in [0.29, 0.717) is 21.5 Å². The zero-order valence-electron chi connectivity index (χ0n) is 16.6. The van der Waals surface area contributed by atoms with Crippen LogP contribution in [0.4, 0.5) is 0 Å². The second-order valence-electron chi connectivity index (χ2n) is 7.49. The summed E-state index contributed by atoms with van der Waals surface area (Å²) < 4.78 is 1.21. The fourth-order valence-electron chi connectivity index (χ4n) is 3.55. The van der Waals surface area contributed by atoms with Crippen molar-refractivity contribution < 1.29 is 0 Å². The van der Waals surface area contributed by atoms with Gasteiger partial charge in [0.25, 0.3) is 5.56 Å². The lowest BCUT2D eigenvalue weighted by Crippen LogP contribution is -2.47. The molecule has 3 aromatic carbocycles. The van der Waals surface area contributed by atoms with Crippen LogP contribution in [0, 0.1) is 11.8 Å². The third kappa shape index (κ3) is 3.56. The number of aromatic nitrogens is 2. The minimum Gasteiger partial charge on any atom is -0.307 e. The molecule has 0 amide bonds. The van der Waals surface area contributed by atoms with E-state index in [9.17, 15) is 9.59 Å². The number of aromatic amines is 1. The van der Waals surface area contributed by atoms with Crippen molar-refractivity contribution in [3.05, 3.63) is 115 Å². The van der Waals surface area contributed by atoms with E-state index >= 15 is 0 Å². The summed E-state index contributed by atoms with van der Waals surface area (Å²) in [6, 6.07) is 22.1. The first kappa shape index (κ1) is 19.8. The number of H-pyrrole nitrogens is 1. The molecular weight excluding hydrogens is 396 g/mol. The molecule has 0 atom stereocenters. The molecular formula is C25H19ClN2O2. The fraction of sp³-hybridized carbons (Fsp3) is 0.120. The zero-order valence-corrected chi connectivity index (χ0v) is 17.3. The predicted octanol–water partition coefficient (Wildman–Crippen LogP) is 4.53. The Labute approximate surface area is 178 Å². The summed E-state index contributed by atoms with van der Waals surface area (Å²) in [6.07, 6.45) is 0. The molecule has 4 nitrogen and oxygen atoms in total. The van der Waals surface area contributed by atoms with Gasteiger partial charge in [-0.15, -0.1) is 0 Å². The molecule has 0 aliphatic carbocycles. The second kappa shape index (κ2) is 7.70.